The Labute approximate surface area is 138 Å². The van der Waals surface area contributed by atoms with Crippen LogP contribution < -0.4 is 5.43 Å². The first-order chi connectivity index (χ1) is 11.5. The first-order valence-corrected chi connectivity index (χ1v) is 8.26. The summed E-state index contributed by atoms with van der Waals surface area (Å²) in [7, 11) is 0. The second-order valence-corrected chi connectivity index (χ2v) is 6.99. The van der Waals surface area contributed by atoms with Gasteiger partial charge in [0, 0.05) is 24.2 Å². The van der Waals surface area contributed by atoms with Gasteiger partial charge in [0.15, 0.2) is 5.69 Å². The number of morpholine rings is 1. The lowest BCUT2D eigenvalue weighted by Crippen LogP contribution is -2.71. The predicted octanol–water partition coefficient (Wildman–Crippen LogP) is -0.458. The van der Waals surface area contributed by atoms with E-state index in [4.69, 9.17) is 4.74 Å². The SMILES string of the molecule is Cc1cc(=O)c(C(=O)N2CCOC3(C2)CN(C(=O)C2CC2)C3)n[nH]1. The van der Waals surface area contributed by atoms with E-state index in [1.165, 1.54) is 6.07 Å². The Hall–Kier alpha value is -2.22. The lowest BCUT2D eigenvalue weighted by molar-refractivity contribution is -0.187. The van der Waals surface area contributed by atoms with Crippen LogP contribution in [0, 0.1) is 12.8 Å². The normalized spacial score (nSPS) is 22.4. The van der Waals surface area contributed by atoms with Gasteiger partial charge in [-0.25, -0.2) is 0 Å². The van der Waals surface area contributed by atoms with Gasteiger partial charge in [0.25, 0.3) is 5.91 Å². The highest BCUT2D eigenvalue weighted by atomic mass is 16.5. The fourth-order valence-electron chi connectivity index (χ4n) is 3.40. The zero-order valence-corrected chi connectivity index (χ0v) is 13.6. The summed E-state index contributed by atoms with van der Waals surface area (Å²) in [6, 6.07) is 1.37. The van der Waals surface area contributed by atoms with Gasteiger partial charge in [-0.1, -0.05) is 0 Å². The average molecular weight is 332 g/mol. The van der Waals surface area contributed by atoms with Crippen LogP contribution in [0.3, 0.4) is 0 Å². The first-order valence-electron chi connectivity index (χ1n) is 8.26. The van der Waals surface area contributed by atoms with Crippen LogP contribution in [-0.2, 0) is 9.53 Å². The second-order valence-electron chi connectivity index (χ2n) is 6.99. The van der Waals surface area contributed by atoms with Crippen molar-refractivity contribution in [3.05, 3.63) is 27.7 Å². The molecule has 2 aliphatic heterocycles. The number of aryl methyl sites for hydroxylation is 1. The van der Waals surface area contributed by atoms with Gasteiger partial charge in [0.05, 0.1) is 26.2 Å². The Bertz CT molecular complexity index is 749. The number of carbonyl (C=O) groups excluding carboxylic acids is 2. The number of rotatable bonds is 2. The highest BCUT2D eigenvalue weighted by Gasteiger charge is 2.52. The summed E-state index contributed by atoms with van der Waals surface area (Å²) < 4.78 is 5.85. The molecule has 0 unspecified atom stereocenters. The van der Waals surface area contributed by atoms with Gasteiger partial charge in [-0.2, -0.15) is 5.10 Å². The molecule has 4 rings (SSSR count). The lowest BCUT2D eigenvalue weighted by Gasteiger charge is -2.53. The molecule has 0 atom stereocenters. The Kier molecular flexibility index (Phi) is 3.45. The Balaban J connectivity index is 1.44. The zero-order chi connectivity index (χ0) is 16.9. The van der Waals surface area contributed by atoms with Crippen molar-refractivity contribution in [3.63, 3.8) is 0 Å². The molecule has 3 fully saturated rings. The molecule has 8 heteroatoms. The van der Waals surface area contributed by atoms with Crippen LogP contribution >= 0.6 is 0 Å². The van der Waals surface area contributed by atoms with Crippen LogP contribution in [0.4, 0.5) is 0 Å². The molecule has 0 radical (unpaired) electrons. The van der Waals surface area contributed by atoms with Gasteiger partial charge < -0.3 is 14.5 Å². The molecular formula is C16H20N4O4. The van der Waals surface area contributed by atoms with E-state index in [2.05, 4.69) is 10.2 Å². The van der Waals surface area contributed by atoms with Crippen LogP contribution in [0.5, 0.6) is 0 Å². The van der Waals surface area contributed by atoms with Crippen molar-refractivity contribution in [2.45, 2.75) is 25.4 Å². The second kappa shape index (κ2) is 5.41. The van der Waals surface area contributed by atoms with E-state index in [0.717, 1.165) is 12.8 Å². The summed E-state index contributed by atoms with van der Waals surface area (Å²) in [5, 5.41) is 6.55. The fraction of sp³-hybridized carbons (Fsp3) is 0.625. The van der Waals surface area contributed by atoms with Gasteiger partial charge in [0.1, 0.15) is 5.60 Å². The van der Waals surface area contributed by atoms with Crippen molar-refractivity contribution in [2.24, 2.45) is 5.92 Å². The molecule has 2 saturated heterocycles. The Morgan fingerprint density at radius 1 is 1.29 bits per heavy atom. The van der Waals surface area contributed by atoms with Crippen LogP contribution in [0.2, 0.25) is 0 Å². The maximum atomic E-state index is 12.6. The van der Waals surface area contributed by atoms with Gasteiger partial charge in [-0.3, -0.25) is 19.5 Å². The number of likely N-dealkylation sites (tertiary alicyclic amines) is 1. The fourth-order valence-corrected chi connectivity index (χ4v) is 3.40. The number of aromatic amines is 1. The van der Waals surface area contributed by atoms with E-state index in [9.17, 15) is 14.4 Å². The van der Waals surface area contributed by atoms with Crippen LogP contribution in [0.1, 0.15) is 29.0 Å². The van der Waals surface area contributed by atoms with E-state index in [0.29, 0.717) is 38.5 Å². The summed E-state index contributed by atoms with van der Waals surface area (Å²) in [6.07, 6.45) is 1.96. The maximum absolute atomic E-state index is 12.6. The summed E-state index contributed by atoms with van der Waals surface area (Å²) >= 11 is 0. The van der Waals surface area contributed by atoms with Crippen molar-refractivity contribution < 1.29 is 14.3 Å². The number of amides is 2. The van der Waals surface area contributed by atoms with Crippen molar-refractivity contribution in [3.8, 4) is 0 Å². The minimum atomic E-state index is -0.490. The minimum Gasteiger partial charge on any atom is -0.368 e. The van der Waals surface area contributed by atoms with Crippen LogP contribution in [0.25, 0.3) is 0 Å². The third-order valence-corrected chi connectivity index (χ3v) is 4.86. The average Bonchev–Trinajstić information content (AvgIpc) is 3.36. The number of aromatic nitrogens is 2. The van der Waals surface area contributed by atoms with E-state index in [1.54, 1.807) is 11.8 Å². The van der Waals surface area contributed by atoms with E-state index in [-0.39, 0.29) is 28.9 Å². The highest BCUT2D eigenvalue weighted by molar-refractivity contribution is 5.92. The van der Waals surface area contributed by atoms with Gasteiger partial charge in [0.2, 0.25) is 11.3 Å². The zero-order valence-electron chi connectivity index (χ0n) is 13.6. The number of hydrogen-bond donors (Lipinski definition) is 1. The third-order valence-electron chi connectivity index (χ3n) is 4.86. The molecule has 1 aliphatic carbocycles. The molecule has 0 aromatic carbocycles. The molecule has 24 heavy (non-hydrogen) atoms. The van der Waals surface area contributed by atoms with Crippen molar-refractivity contribution in [1.29, 1.82) is 0 Å². The van der Waals surface area contributed by atoms with Gasteiger partial charge >= 0.3 is 0 Å². The van der Waals surface area contributed by atoms with Gasteiger partial charge in [-0.05, 0) is 19.8 Å². The van der Waals surface area contributed by atoms with E-state index >= 15 is 0 Å². The summed E-state index contributed by atoms with van der Waals surface area (Å²) in [4.78, 5) is 40.1. The van der Waals surface area contributed by atoms with E-state index < -0.39 is 5.60 Å². The molecule has 2 amide bonds. The number of H-pyrrole nitrogens is 1. The molecule has 0 bridgehead atoms. The summed E-state index contributed by atoms with van der Waals surface area (Å²) in [6.45, 7) is 3.96. The largest absolute Gasteiger partial charge is 0.368 e. The molecule has 1 aromatic rings. The topological polar surface area (TPSA) is 95.6 Å². The minimum absolute atomic E-state index is 0.0945. The monoisotopic (exact) mass is 332 g/mol. The van der Waals surface area contributed by atoms with Crippen LogP contribution in [-0.4, -0.2) is 70.2 Å². The number of hydrogen-bond acceptors (Lipinski definition) is 5. The summed E-state index contributed by atoms with van der Waals surface area (Å²) in [5.41, 5.74) is -0.349. The summed E-state index contributed by atoms with van der Waals surface area (Å²) in [5.74, 6) is 0.00853. The quantitative estimate of drug-likeness (QED) is 0.791. The highest BCUT2D eigenvalue weighted by Crippen LogP contribution is 2.36. The number of nitrogens with zero attached hydrogens (tertiary/aromatic N) is 3. The molecule has 1 N–H and O–H groups in total. The lowest BCUT2D eigenvalue weighted by atomic mass is 9.91. The van der Waals surface area contributed by atoms with Crippen molar-refractivity contribution in [1.82, 2.24) is 20.0 Å². The molecule has 1 aromatic heterocycles. The van der Waals surface area contributed by atoms with E-state index in [1.807, 2.05) is 4.90 Å². The molecule has 1 spiro atoms. The molecule has 3 aliphatic rings. The van der Waals surface area contributed by atoms with Gasteiger partial charge in [-0.15, -0.1) is 0 Å². The number of carbonyl (C=O) groups is 2. The molecule has 3 heterocycles. The predicted molar refractivity (Wildman–Crippen MR) is 83.5 cm³/mol. The molecule has 128 valence electrons. The number of ether oxygens (including phenoxy) is 1. The molecular weight excluding hydrogens is 312 g/mol. The standard InChI is InChI=1S/C16H20N4O4/c1-10-6-12(21)13(18-17-10)15(23)19-4-5-24-16(7-19)8-20(9-16)14(22)11-2-3-11/h6,11H,2-5,7-9H2,1H3,(H,17,21). The smallest absolute Gasteiger partial charge is 0.278 e. The third kappa shape index (κ3) is 2.60. The van der Waals surface area contributed by atoms with Crippen molar-refractivity contribution >= 4 is 11.8 Å². The maximum Gasteiger partial charge on any atom is 0.278 e. The number of nitrogens with one attached hydrogen (secondary N) is 1. The Morgan fingerprint density at radius 2 is 2.00 bits per heavy atom. The molecule has 8 nitrogen and oxygen atoms in total. The van der Waals surface area contributed by atoms with Crippen molar-refractivity contribution in [2.75, 3.05) is 32.8 Å². The Morgan fingerprint density at radius 3 is 2.67 bits per heavy atom. The molecule has 1 saturated carbocycles. The van der Waals surface area contributed by atoms with Crippen LogP contribution in [0.15, 0.2) is 10.9 Å². The first kappa shape index (κ1) is 15.3.